The second-order valence-electron chi connectivity index (χ2n) is 5.60. The second-order valence-corrected chi connectivity index (χ2v) is 5.60. The van der Waals surface area contributed by atoms with Gasteiger partial charge in [0.15, 0.2) is 0 Å². The molecule has 1 saturated carbocycles. The quantitative estimate of drug-likeness (QED) is 0.710. The molecule has 1 heterocycles. The van der Waals surface area contributed by atoms with Gasteiger partial charge >= 0.3 is 0 Å². The fourth-order valence-electron chi connectivity index (χ4n) is 3.36. The van der Waals surface area contributed by atoms with Gasteiger partial charge in [-0.1, -0.05) is 20.8 Å². The van der Waals surface area contributed by atoms with Crippen LogP contribution in [0.15, 0.2) is 0 Å². The zero-order valence-corrected chi connectivity index (χ0v) is 10.2. The molecule has 1 saturated heterocycles. The molecular formula is C13H23NO. The summed E-state index contributed by atoms with van der Waals surface area (Å²) in [6.45, 7) is 9.96. The summed E-state index contributed by atoms with van der Waals surface area (Å²) in [5.74, 6) is 2.76. The van der Waals surface area contributed by atoms with Gasteiger partial charge in [-0.15, -0.1) is 0 Å². The number of rotatable bonds is 3. The first-order valence-corrected chi connectivity index (χ1v) is 6.37. The minimum atomic E-state index is 0.233. The summed E-state index contributed by atoms with van der Waals surface area (Å²) in [6, 6.07) is 0. The van der Waals surface area contributed by atoms with Crippen LogP contribution in [0.5, 0.6) is 0 Å². The van der Waals surface area contributed by atoms with Gasteiger partial charge in [-0.3, -0.25) is 4.79 Å². The number of hydrogen-bond donors (Lipinski definition) is 0. The Kier molecular flexibility index (Phi) is 3.15. The molecule has 2 heteroatoms. The third-order valence-electron chi connectivity index (χ3n) is 4.25. The topological polar surface area (TPSA) is 20.3 Å². The van der Waals surface area contributed by atoms with Crippen molar-refractivity contribution in [2.45, 2.75) is 33.6 Å². The SMILES string of the molecule is CCN1C[C@H]2CC(C(=O)C(C)C)C[C@H]2C1. The van der Waals surface area contributed by atoms with Crippen LogP contribution in [0, 0.1) is 23.7 Å². The Labute approximate surface area is 93.0 Å². The van der Waals surface area contributed by atoms with Gasteiger partial charge in [-0.05, 0) is 31.2 Å². The lowest BCUT2D eigenvalue weighted by atomic mass is 9.92. The number of hydrogen-bond acceptors (Lipinski definition) is 2. The van der Waals surface area contributed by atoms with Gasteiger partial charge in [0.25, 0.3) is 0 Å². The molecule has 2 aliphatic rings. The van der Waals surface area contributed by atoms with Gasteiger partial charge in [0.2, 0.25) is 0 Å². The zero-order chi connectivity index (χ0) is 11.0. The zero-order valence-electron chi connectivity index (χ0n) is 10.2. The van der Waals surface area contributed by atoms with Crippen LogP contribution in [0.1, 0.15) is 33.6 Å². The van der Waals surface area contributed by atoms with E-state index >= 15 is 0 Å². The molecule has 0 amide bonds. The van der Waals surface area contributed by atoms with Crippen LogP contribution < -0.4 is 0 Å². The van der Waals surface area contributed by atoms with Gasteiger partial charge in [-0.2, -0.15) is 0 Å². The third-order valence-corrected chi connectivity index (χ3v) is 4.25. The van der Waals surface area contributed by atoms with E-state index in [-0.39, 0.29) is 5.92 Å². The van der Waals surface area contributed by atoms with E-state index in [2.05, 4.69) is 11.8 Å². The van der Waals surface area contributed by atoms with Crippen molar-refractivity contribution >= 4 is 5.78 Å². The summed E-state index contributed by atoms with van der Waals surface area (Å²) >= 11 is 0. The molecular weight excluding hydrogens is 186 g/mol. The highest BCUT2D eigenvalue weighted by molar-refractivity contribution is 5.83. The fourth-order valence-corrected chi connectivity index (χ4v) is 3.36. The predicted octanol–water partition coefficient (Wildman–Crippen LogP) is 2.19. The maximum absolute atomic E-state index is 11.9. The average molecular weight is 209 g/mol. The molecule has 2 nitrogen and oxygen atoms in total. The normalized spacial score (nSPS) is 36.1. The summed E-state index contributed by atoms with van der Waals surface area (Å²) in [6.07, 6.45) is 2.33. The van der Waals surface area contributed by atoms with E-state index in [1.54, 1.807) is 0 Å². The minimum Gasteiger partial charge on any atom is -0.303 e. The summed E-state index contributed by atoms with van der Waals surface area (Å²) in [5, 5.41) is 0. The number of carbonyl (C=O) groups is 1. The smallest absolute Gasteiger partial charge is 0.138 e. The van der Waals surface area contributed by atoms with E-state index in [0.29, 0.717) is 11.7 Å². The first-order valence-electron chi connectivity index (χ1n) is 6.37. The number of nitrogens with zero attached hydrogens (tertiary/aromatic N) is 1. The Morgan fingerprint density at radius 3 is 2.20 bits per heavy atom. The van der Waals surface area contributed by atoms with Crippen molar-refractivity contribution < 1.29 is 4.79 Å². The summed E-state index contributed by atoms with van der Waals surface area (Å²) < 4.78 is 0. The van der Waals surface area contributed by atoms with E-state index in [1.807, 2.05) is 13.8 Å². The van der Waals surface area contributed by atoms with Crippen LogP contribution in [0.4, 0.5) is 0 Å². The number of likely N-dealkylation sites (tertiary alicyclic amines) is 1. The number of fused-ring (bicyclic) bond motifs is 1. The molecule has 0 N–H and O–H groups in total. The van der Waals surface area contributed by atoms with Crippen molar-refractivity contribution in [3.05, 3.63) is 0 Å². The van der Waals surface area contributed by atoms with Crippen molar-refractivity contribution in [2.75, 3.05) is 19.6 Å². The van der Waals surface area contributed by atoms with Gasteiger partial charge in [0, 0.05) is 24.9 Å². The first kappa shape index (κ1) is 11.1. The minimum absolute atomic E-state index is 0.233. The number of ketones is 1. The number of Topliss-reactive ketones (excluding diaryl/α,β-unsaturated/α-hetero) is 1. The highest BCUT2D eigenvalue weighted by Crippen LogP contribution is 2.42. The largest absolute Gasteiger partial charge is 0.303 e. The van der Waals surface area contributed by atoms with Crippen molar-refractivity contribution in [1.82, 2.24) is 4.90 Å². The summed E-state index contributed by atoms with van der Waals surface area (Å²) in [4.78, 5) is 14.4. The molecule has 0 bridgehead atoms. The van der Waals surface area contributed by atoms with Gasteiger partial charge in [0.05, 0.1) is 0 Å². The van der Waals surface area contributed by atoms with E-state index in [0.717, 1.165) is 24.7 Å². The monoisotopic (exact) mass is 209 g/mol. The first-order chi connectivity index (χ1) is 7.11. The van der Waals surface area contributed by atoms with Gasteiger partial charge in [-0.25, -0.2) is 0 Å². The second kappa shape index (κ2) is 4.25. The molecule has 86 valence electrons. The molecule has 2 fully saturated rings. The Bertz CT molecular complexity index is 235. The van der Waals surface area contributed by atoms with E-state index < -0.39 is 0 Å². The Morgan fingerprint density at radius 1 is 1.27 bits per heavy atom. The van der Waals surface area contributed by atoms with E-state index in [9.17, 15) is 4.79 Å². The molecule has 2 rings (SSSR count). The maximum atomic E-state index is 11.9. The molecule has 15 heavy (non-hydrogen) atoms. The van der Waals surface area contributed by atoms with E-state index in [4.69, 9.17) is 0 Å². The van der Waals surface area contributed by atoms with E-state index in [1.165, 1.54) is 19.6 Å². The molecule has 1 aliphatic heterocycles. The summed E-state index contributed by atoms with van der Waals surface area (Å²) in [5.41, 5.74) is 0. The molecule has 0 aromatic rings. The number of carbonyl (C=O) groups excluding carboxylic acids is 1. The van der Waals surface area contributed by atoms with Crippen molar-refractivity contribution in [1.29, 1.82) is 0 Å². The lowest BCUT2D eigenvalue weighted by molar-refractivity contribution is -0.125. The van der Waals surface area contributed by atoms with Crippen LogP contribution in [0.3, 0.4) is 0 Å². The van der Waals surface area contributed by atoms with Crippen LogP contribution in [-0.2, 0) is 4.79 Å². The molecule has 0 radical (unpaired) electrons. The van der Waals surface area contributed by atoms with Gasteiger partial charge < -0.3 is 4.90 Å². The standard InChI is InChI=1S/C13H23NO/c1-4-14-7-11-5-10(6-12(11)8-14)13(15)9(2)3/h9-12H,4-8H2,1-3H3/t10?,11-,12+. The third kappa shape index (κ3) is 2.10. The van der Waals surface area contributed by atoms with Crippen molar-refractivity contribution in [2.24, 2.45) is 23.7 Å². The summed E-state index contributed by atoms with van der Waals surface area (Å²) in [7, 11) is 0. The Balaban J connectivity index is 1.91. The molecule has 0 aromatic carbocycles. The van der Waals surface area contributed by atoms with Gasteiger partial charge in [0.1, 0.15) is 5.78 Å². The molecule has 0 aromatic heterocycles. The Hall–Kier alpha value is -0.370. The highest BCUT2D eigenvalue weighted by Gasteiger charge is 2.42. The fraction of sp³-hybridized carbons (Fsp3) is 0.923. The highest BCUT2D eigenvalue weighted by atomic mass is 16.1. The molecule has 3 atom stereocenters. The lowest BCUT2D eigenvalue weighted by Gasteiger charge is -2.17. The van der Waals surface area contributed by atoms with Crippen molar-refractivity contribution in [3.63, 3.8) is 0 Å². The lowest BCUT2D eigenvalue weighted by Crippen LogP contribution is -2.24. The molecule has 0 spiro atoms. The maximum Gasteiger partial charge on any atom is 0.138 e. The Morgan fingerprint density at radius 2 is 1.80 bits per heavy atom. The predicted molar refractivity (Wildman–Crippen MR) is 61.7 cm³/mol. The average Bonchev–Trinajstić information content (AvgIpc) is 2.72. The van der Waals surface area contributed by atoms with Crippen LogP contribution in [-0.4, -0.2) is 30.3 Å². The van der Waals surface area contributed by atoms with Crippen LogP contribution in [0.2, 0.25) is 0 Å². The van der Waals surface area contributed by atoms with Crippen LogP contribution in [0.25, 0.3) is 0 Å². The molecule has 1 unspecified atom stereocenters. The van der Waals surface area contributed by atoms with Crippen LogP contribution >= 0.6 is 0 Å². The molecule has 1 aliphatic carbocycles. The van der Waals surface area contributed by atoms with Crippen molar-refractivity contribution in [3.8, 4) is 0 Å².